The van der Waals surface area contributed by atoms with Crippen molar-refractivity contribution in [3.8, 4) is 17.1 Å². The van der Waals surface area contributed by atoms with E-state index >= 15 is 0 Å². The summed E-state index contributed by atoms with van der Waals surface area (Å²) in [6.45, 7) is 5.35. The average molecular weight is 479 g/mol. The molecule has 0 N–H and O–H groups in total. The quantitative estimate of drug-likeness (QED) is 0.212. The average Bonchev–Trinajstić information content (AvgIpc) is 2.90. The molecule has 1 saturated carbocycles. The van der Waals surface area contributed by atoms with Crippen molar-refractivity contribution in [3.05, 3.63) is 42.2 Å². The normalized spacial score (nSPS) is 18.0. The van der Waals surface area contributed by atoms with Gasteiger partial charge in [0.25, 0.3) is 0 Å². The molecule has 1 aromatic carbocycles. The van der Waals surface area contributed by atoms with Crippen molar-refractivity contribution >= 4 is 0 Å². The minimum Gasteiger partial charge on any atom is -0.494 e. The molecule has 0 spiro atoms. The van der Waals surface area contributed by atoms with E-state index in [2.05, 4.69) is 48.1 Å². The molecule has 3 rings (SSSR count). The van der Waals surface area contributed by atoms with Crippen LogP contribution >= 0.6 is 0 Å². The lowest BCUT2D eigenvalue weighted by Gasteiger charge is -2.28. The van der Waals surface area contributed by atoms with Crippen LogP contribution in [0.2, 0.25) is 0 Å². The monoisotopic (exact) mass is 478 g/mol. The van der Waals surface area contributed by atoms with Crippen LogP contribution in [0, 0.1) is 11.8 Å². The first-order chi connectivity index (χ1) is 17.3. The number of aromatic nitrogens is 2. The Labute approximate surface area is 215 Å². The van der Waals surface area contributed by atoms with Gasteiger partial charge in [-0.3, -0.25) is 0 Å². The lowest BCUT2D eigenvalue weighted by atomic mass is 9.78. The fraction of sp³-hybridized carbons (Fsp3) is 0.688. The van der Waals surface area contributed by atoms with Gasteiger partial charge in [-0.25, -0.2) is 9.97 Å². The highest BCUT2D eigenvalue weighted by Crippen LogP contribution is 2.34. The van der Waals surface area contributed by atoms with Gasteiger partial charge < -0.3 is 4.74 Å². The van der Waals surface area contributed by atoms with Crippen molar-refractivity contribution < 1.29 is 4.74 Å². The molecular weight excluding hydrogens is 428 g/mol. The molecule has 0 saturated heterocycles. The summed E-state index contributed by atoms with van der Waals surface area (Å²) < 4.78 is 6.04. The van der Waals surface area contributed by atoms with E-state index in [4.69, 9.17) is 4.74 Å². The number of benzene rings is 1. The van der Waals surface area contributed by atoms with Crippen LogP contribution in [0.4, 0.5) is 0 Å². The second-order valence-electron chi connectivity index (χ2n) is 10.8. The van der Waals surface area contributed by atoms with Crippen molar-refractivity contribution in [2.24, 2.45) is 11.8 Å². The van der Waals surface area contributed by atoms with Crippen molar-refractivity contribution in [3.63, 3.8) is 0 Å². The number of hydrogen-bond donors (Lipinski definition) is 0. The number of nitrogens with zero attached hydrogens (tertiary/aromatic N) is 2. The molecule has 0 bridgehead atoms. The summed E-state index contributed by atoms with van der Waals surface area (Å²) in [6.07, 6.45) is 27.1. The molecule has 0 radical (unpaired) electrons. The van der Waals surface area contributed by atoms with Gasteiger partial charge >= 0.3 is 0 Å². The molecule has 35 heavy (non-hydrogen) atoms. The van der Waals surface area contributed by atoms with E-state index in [0.29, 0.717) is 0 Å². The molecule has 2 aromatic rings. The van der Waals surface area contributed by atoms with E-state index in [9.17, 15) is 0 Å². The number of aryl methyl sites for hydroxylation is 1. The molecule has 1 fully saturated rings. The van der Waals surface area contributed by atoms with Crippen molar-refractivity contribution in [2.45, 2.75) is 123 Å². The molecule has 0 amide bonds. The summed E-state index contributed by atoms with van der Waals surface area (Å²) in [5, 5.41) is 0. The minimum atomic E-state index is 0.794. The molecule has 0 unspecified atom stereocenters. The van der Waals surface area contributed by atoms with Crippen LogP contribution in [0.1, 0.15) is 122 Å². The van der Waals surface area contributed by atoms with E-state index in [-0.39, 0.29) is 0 Å². The van der Waals surface area contributed by atoms with Crippen LogP contribution < -0.4 is 4.74 Å². The summed E-state index contributed by atoms with van der Waals surface area (Å²) in [5.41, 5.74) is 2.28. The summed E-state index contributed by atoms with van der Waals surface area (Å²) in [5.74, 6) is 3.67. The molecule has 194 valence electrons. The molecule has 1 aliphatic rings. The van der Waals surface area contributed by atoms with Crippen LogP contribution in [0.3, 0.4) is 0 Å². The van der Waals surface area contributed by atoms with Crippen LogP contribution in [0.15, 0.2) is 36.7 Å². The maximum Gasteiger partial charge on any atom is 0.159 e. The Hall–Kier alpha value is -1.90. The lowest BCUT2D eigenvalue weighted by Crippen LogP contribution is -2.15. The summed E-state index contributed by atoms with van der Waals surface area (Å²) in [7, 11) is 0. The van der Waals surface area contributed by atoms with Crippen LogP contribution in [-0.4, -0.2) is 16.6 Å². The summed E-state index contributed by atoms with van der Waals surface area (Å²) >= 11 is 0. The fourth-order valence-electron chi connectivity index (χ4n) is 5.50. The Balaban J connectivity index is 1.26. The Kier molecular flexibility index (Phi) is 13.2. The molecule has 1 aromatic heterocycles. The van der Waals surface area contributed by atoms with Gasteiger partial charge in [0.15, 0.2) is 5.82 Å². The molecule has 1 aliphatic carbocycles. The number of unbranched alkanes of at least 4 members (excludes halogenated alkanes) is 7. The van der Waals surface area contributed by atoms with Gasteiger partial charge in [0.1, 0.15) is 5.75 Å². The smallest absolute Gasteiger partial charge is 0.159 e. The first-order valence-corrected chi connectivity index (χ1v) is 14.8. The molecule has 1 heterocycles. The maximum atomic E-state index is 6.04. The van der Waals surface area contributed by atoms with Gasteiger partial charge in [-0.05, 0) is 67.3 Å². The largest absolute Gasteiger partial charge is 0.494 e. The van der Waals surface area contributed by atoms with Crippen molar-refractivity contribution in [2.75, 3.05) is 6.61 Å². The highest BCUT2D eigenvalue weighted by molar-refractivity contribution is 5.55. The van der Waals surface area contributed by atoms with E-state index in [1.807, 2.05) is 12.4 Å². The zero-order chi connectivity index (χ0) is 24.6. The van der Waals surface area contributed by atoms with Gasteiger partial charge in [-0.1, -0.05) is 97.3 Å². The lowest BCUT2D eigenvalue weighted by molar-refractivity contribution is 0.228. The van der Waals surface area contributed by atoms with Gasteiger partial charge in [-0.2, -0.15) is 0 Å². The number of hydrogen-bond acceptors (Lipinski definition) is 3. The van der Waals surface area contributed by atoms with E-state index in [1.54, 1.807) is 0 Å². The van der Waals surface area contributed by atoms with E-state index in [0.717, 1.165) is 48.4 Å². The van der Waals surface area contributed by atoms with Gasteiger partial charge in [0.2, 0.25) is 0 Å². The summed E-state index contributed by atoms with van der Waals surface area (Å²) in [4.78, 5) is 9.14. The molecule has 0 atom stereocenters. The van der Waals surface area contributed by atoms with Crippen molar-refractivity contribution in [1.29, 1.82) is 0 Å². The van der Waals surface area contributed by atoms with Crippen LogP contribution in [0.25, 0.3) is 11.4 Å². The first kappa shape index (κ1) is 27.7. The van der Waals surface area contributed by atoms with Gasteiger partial charge in [0.05, 0.1) is 6.61 Å². The first-order valence-electron chi connectivity index (χ1n) is 14.8. The van der Waals surface area contributed by atoms with Gasteiger partial charge in [-0.15, -0.1) is 0 Å². The Morgan fingerprint density at radius 1 is 0.686 bits per heavy atom. The second kappa shape index (κ2) is 16.7. The number of rotatable bonds is 17. The fourth-order valence-corrected chi connectivity index (χ4v) is 5.50. The highest BCUT2D eigenvalue weighted by Gasteiger charge is 2.20. The molecular formula is C32H50N2O. The standard InChI is InChI=1S/C32H50N2O/c1-3-5-7-8-9-11-13-27-16-18-28(19-17-27)15-12-24-35-31-22-20-30(21-23-31)32-33-25-29(26-34-32)14-10-6-4-2/h20-23,25-28H,3-19,24H2,1-2H3/t27-,28-. The Morgan fingerprint density at radius 2 is 1.26 bits per heavy atom. The zero-order valence-electron chi connectivity index (χ0n) is 22.6. The second-order valence-corrected chi connectivity index (χ2v) is 10.8. The van der Waals surface area contributed by atoms with Crippen molar-refractivity contribution in [1.82, 2.24) is 9.97 Å². The maximum absolute atomic E-state index is 6.04. The predicted molar refractivity (Wildman–Crippen MR) is 149 cm³/mol. The zero-order valence-corrected chi connectivity index (χ0v) is 22.6. The topological polar surface area (TPSA) is 35.0 Å². The number of ether oxygens (including phenoxy) is 1. The third-order valence-corrected chi connectivity index (χ3v) is 7.84. The van der Waals surface area contributed by atoms with E-state index in [1.165, 1.54) is 102 Å². The predicted octanol–water partition coefficient (Wildman–Crippen LogP) is 9.59. The Morgan fingerprint density at radius 3 is 1.91 bits per heavy atom. The molecule has 0 aliphatic heterocycles. The molecule has 3 nitrogen and oxygen atoms in total. The minimum absolute atomic E-state index is 0.794. The van der Waals surface area contributed by atoms with Crippen LogP contribution in [-0.2, 0) is 6.42 Å². The third kappa shape index (κ3) is 10.7. The van der Waals surface area contributed by atoms with Gasteiger partial charge in [0, 0.05) is 18.0 Å². The SMILES string of the molecule is CCCCCCCC[C@H]1CC[C@H](CCCOc2ccc(-c3ncc(CCCCC)cn3)cc2)CC1. The Bertz CT molecular complexity index is 778. The summed E-state index contributed by atoms with van der Waals surface area (Å²) in [6, 6.07) is 8.27. The third-order valence-electron chi connectivity index (χ3n) is 7.84. The van der Waals surface area contributed by atoms with Crippen LogP contribution in [0.5, 0.6) is 5.75 Å². The molecule has 3 heteroatoms. The van der Waals surface area contributed by atoms with E-state index < -0.39 is 0 Å². The highest BCUT2D eigenvalue weighted by atomic mass is 16.5.